The van der Waals surface area contributed by atoms with Gasteiger partial charge in [0, 0.05) is 16.1 Å². The average molecular weight is 493 g/mol. The van der Waals surface area contributed by atoms with Crippen molar-refractivity contribution in [1.82, 2.24) is 20.4 Å². The minimum atomic E-state index is -0.364. The minimum absolute atomic E-state index is 0.303. The van der Waals surface area contributed by atoms with Gasteiger partial charge in [-0.1, -0.05) is 23.4 Å². The summed E-state index contributed by atoms with van der Waals surface area (Å²) < 4.78 is 24.6. The first-order valence-electron chi connectivity index (χ1n) is 10.6. The van der Waals surface area contributed by atoms with Crippen LogP contribution in [0.1, 0.15) is 29.3 Å². The van der Waals surface area contributed by atoms with Crippen LogP contribution in [0.2, 0.25) is 0 Å². The molecule has 0 radical (unpaired) electrons. The van der Waals surface area contributed by atoms with E-state index >= 15 is 0 Å². The first kappa shape index (κ1) is 22.2. The molecule has 6 nitrogen and oxygen atoms in total. The zero-order valence-electron chi connectivity index (χ0n) is 18.5. The SMILES string of the molecule is COc1ccc(-c2noc(C3=C(C)N(Cc4cccs4)C(=S)NC3c3ccc(F)cc3)n2)cc1. The number of nitrogens with zero attached hydrogens (tertiary/aromatic N) is 3. The van der Waals surface area contributed by atoms with Gasteiger partial charge in [-0.15, -0.1) is 11.3 Å². The van der Waals surface area contributed by atoms with Gasteiger partial charge in [-0.25, -0.2) is 4.39 Å². The Kier molecular flexibility index (Phi) is 6.12. The molecule has 0 bridgehead atoms. The fourth-order valence-electron chi connectivity index (χ4n) is 3.90. The van der Waals surface area contributed by atoms with E-state index in [1.807, 2.05) is 47.5 Å². The van der Waals surface area contributed by atoms with Crippen molar-refractivity contribution in [2.24, 2.45) is 0 Å². The number of rotatable bonds is 6. The molecule has 0 fully saturated rings. The van der Waals surface area contributed by atoms with Gasteiger partial charge in [-0.3, -0.25) is 0 Å². The van der Waals surface area contributed by atoms with Crippen molar-refractivity contribution in [3.8, 4) is 17.1 Å². The predicted octanol–water partition coefficient (Wildman–Crippen LogP) is 5.81. The molecule has 4 aromatic rings. The Morgan fingerprint density at radius 3 is 2.59 bits per heavy atom. The third kappa shape index (κ3) is 4.32. The maximum atomic E-state index is 13.6. The van der Waals surface area contributed by atoms with Crippen molar-refractivity contribution in [3.05, 3.63) is 93.9 Å². The zero-order valence-corrected chi connectivity index (χ0v) is 20.1. The van der Waals surface area contributed by atoms with Crippen LogP contribution in [0.15, 0.2) is 76.3 Å². The van der Waals surface area contributed by atoms with Crippen LogP contribution < -0.4 is 10.1 Å². The van der Waals surface area contributed by atoms with Crippen molar-refractivity contribution in [3.63, 3.8) is 0 Å². The lowest BCUT2D eigenvalue weighted by Gasteiger charge is -2.37. The summed E-state index contributed by atoms with van der Waals surface area (Å²) in [5.41, 5.74) is 3.35. The normalized spacial score (nSPS) is 16.0. The number of methoxy groups -OCH3 is 1. The summed E-state index contributed by atoms with van der Waals surface area (Å²) in [6, 6.07) is 17.5. The van der Waals surface area contributed by atoms with Gasteiger partial charge in [0.15, 0.2) is 5.11 Å². The maximum Gasteiger partial charge on any atom is 0.258 e. The number of allylic oxidation sites excluding steroid dienone is 1. The molecule has 0 saturated heterocycles. The molecule has 0 saturated carbocycles. The smallest absolute Gasteiger partial charge is 0.258 e. The number of benzene rings is 2. The van der Waals surface area contributed by atoms with E-state index in [9.17, 15) is 4.39 Å². The van der Waals surface area contributed by atoms with Gasteiger partial charge in [0.05, 0.1) is 25.3 Å². The Morgan fingerprint density at radius 1 is 1.15 bits per heavy atom. The highest BCUT2D eigenvalue weighted by molar-refractivity contribution is 7.80. The second kappa shape index (κ2) is 9.36. The molecule has 1 atom stereocenters. The minimum Gasteiger partial charge on any atom is -0.497 e. The molecule has 1 unspecified atom stereocenters. The zero-order chi connectivity index (χ0) is 23.7. The van der Waals surface area contributed by atoms with Gasteiger partial charge in [0.2, 0.25) is 5.82 Å². The summed E-state index contributed by atoms with van der Waals surface area (Å²) in [6.07, 6.45) is 0. The van der Waals surface area contributed by atoms with Crippen molar-refractivity contribution in [2.75, 3.05) is 7.11 Å². The van der Waals surface area contributed by atoms with E-state index in [0.29, 0.717) is 23.4 Å². The summed E-state index contributed by atoms with van der Waals surface area (Å²) in [5, 5.41) is 10.2. The van der Waals surface area contributed by atoms with Crippen molar-refractivity contribution in [2.45, 2.75) is 19.5 Å². The molecule has 2 aromatic carbocycles. The molecule has 0 aliphatic carbocycles. The van der Waals surface area contributed by atoms with Gasteiger partial charge in [-0.05, 0) is 72.5 Å². The molecule has 5 rings (SSSR count). The first-order chi connectivity index (χ1) is 16.5. The van der Waals surface area contributed by atoms with Crippen LogP contribution in [0.4, 0.5) is 4.39 Å². The van der Waals surface area contributed by atoms with Gasteiger partial charge in [0.1, 0.15) is 11.6 Å². The number of halogens is 1. The molecule has 1 aliphatic heterocycles. The van der Waals surface area contributed by atoms with Crippen molar-refractivity contribution in [1.29, 1.82) is 0 Å². The topological polar surface area (TPSA) is 63.4 Å². The van der Waals surface area contributed by atoms with Crippen LogP contribution in [0, 0.1) is 5.82 Å². The van der Waals surface area contributed by atoms with Crippen LogP contribution >= 0.6 is 23.6 Å². The van der Waals surface area contributed by atoms with Crippen LogP contribution in [-0.2, 0) is 6.54 Å². The predicted molar refractivity (Wildman–Crippen MR) is 134 cm³/mol. The number of hydrogen-bond donors (Lipinski definition) is 1. The molecular formula is C25H21FN4O2S2. The summed E-state index contributed by atoms with van der Waals surface area (Å²) in [5.74, 6) is 1.29. The van der Waals surface area contributed by atoms with E-state index < -0.39 is 0 Å². The number of hydrogen-bond acceptors (Lipinski definition) is 6. The Labute approximate surface area is 205 Å². The van der Waals surface area contributed by atoms with Gasteiger partial charge in [-0.2, -0.15) is 4.98 Å². The number of thiocarbonyl (C=S) groups is 1. The summed E-state index contributed by atoms with van der Waals surface area (Å²) in [4.78, 5) is 7.90. The number of aromatic nitrogens is 2. The van der Waals surface area contributed by atoms with Crippen LogP contribution in [0.3, 0.4) is 0 Å². The lowest BCUT2D eigenvalue weighted by Crippen LogP contribution is -2.45. The van der Waals surface area contributed by atoms with Gasteiger partial charge < -0.3 is 19.5 Å². The van der Waals surface area contributed by atoms with Crippen molar-refractivity contribution < 1.29 is 13.7 Å². The molecule has 0 spiro atoms. The summed E-state index contributed by atoms with van der Waals surface area (Å²) in [6.45, 7) is 2.61. The summed E-state index contributed by atoms with van der Waals surface area (Å²) >= 11 is 7.39. The Balaban J connectivity index is 1.58. The lowest BCUT2D eigenvalue weighted by molar-refractivity contribution is 0.396. The summed E-state index contributed by atoms with van der Waals surface area (Å²) in [7, 11) is 1.62. The molecule has 0 amide bonds. The van der Waals surface area contributed by atoms with E-state index in [1.165, 1.54) is 17.0 Å². The molecular weight excluding hydrogens is 471 g/mol. The fourth-order valence-corrected chi connectivity index (χ4v) is 4.91. The van der Waals surface area contributed by atoms with E-state index in [1.54, 1.807) is 30.6 Å². The molecule has 1 aliphatic rings. The number of nitrogens with one attached hydrogen (secondary N) is 1. The number of thiophene rings is 1. The van der Waals surface area contributed by atoms with Crippen LogP contribution in [0.25, 0.3) is 17.0 Å². The highest BCUT2D eigenvalue weighted by atomic mass is 32.1. The highest BCUT2D eigenvalue weighted by Crippen LogP contribution is 2.38. The third-order valence-corrected chi connectivity index (χ3v) is 6.90. The van der Waals surface area contributed by atoms with Crippen LogP contribution in [-0.4, -0.2) is 27.3 Å². The van der Waals surface area contributed by atoms with Crippen molar-refractivity contribution >= 4 is 34.2 Å². The van der Waals surface area contributed by atoms with E-state index in [4.69, 9.17) is 26.5 Å². The average Bonchev–Trinajstić information content (AvgIpc) is 3.54. The van der Waals surface area contributed by atoms with Gasteiger partial charge in [0.25, 0.3) is 5.89 Å². The molecule has 3 heterocycles. The van der Waals surface area contributed by atoms with E-state index in [-0.39, 0.29) is 11.9 Å². The standard InChI is InChI=1S/C25H21FN4O2S2/c1-15-21(24-28-23(29-32-24)17-7-11-19(31-2)12-8-17)22(16-5-9-18(26)10-6-16)27-25(33)30(15)14-20-4-3-13-34-20/h3-13,22H,14H2,1-2H3,(H,27,33). The Morgan fingerprint density at radius 2 is 1.91 bits per heavy atom. The monoisotopic (exact) mass is 492 g/mol. The second-order valence-electron chi connectivity index (χ2n) is 7.75. The van der Waals surface area contributed by atoms with Gasteiger partial charge >= 0.3 is 0 Å². The molecule has 2 aromatic heterocycles. The molecule has 34 heavy (non-hydrogen) atoms. The fraction of sp³-hybridized carbons (Fsp3) is 0.160. The third-order valence-electron chi connectivity index (χ3n) is 5.70. The molecule has 172 valence electrons. The lowest BCUT2D eigenvalue weighted by atomic mass is 9.94. The first-order valence-corrected chi connectivity index (χ1v) is 11.9. The quantitative estimate of drug-likeness (QED) is 0.341. The largest absolute Gasteiger partial charge is 0.497 e. The van der Waals surface area contributed by atoms with E-state index in [2.05, 4.69) is 16.5 Å². The maximum absolute atomic E-state index is 13.6. The Bertz CT molecular complexity index is 1330. The molecule has 9 heteroatoms. The number of ether oxygens (including phenoxy) is 1. The Hall–Kier alpha value is -3.56. The van der Waals surface area contributed by atoms with Crippen LogP contribution in [0.5, 0.6) is 5.75 Å². The van der Waals surface area contributed by atoms with E-state index in [0.717, 1.165) is 28.1 Å². The molecule has 1 N–H and O–H groups in total. The second-order valence-corrected chi connectivity index (χ2v) is 9.17. The highest BCUT2D eigenvalue weighted by Gasteiger charge is 2.34.